The largest absolute Gasteiger partial charge is 0.282 e. The van der Waals surface area contributed by atoms with Gasteiger partial charge in [0.15, 0.2) is 5.82 Å². The molecule has 0 bridgehead atoms. The Morgan fingerprint density at radius 3 is 2.74 bits per heavy atom. The summed E-state index contributed by atoms with van der Waals surface area (Å²) in [6.07, 6.45) is 6.42. The maximum Gasteiger partial charge on any atom is 0.282 e. The standard InChI is InChI=1S/C13H9FN2O2S/c1-2-10-5-3-6-11(9-10)16-19(17,18)13-12(14)7-4-8-15-13/h1,3-9,16H. The molecule has 0 saturated heterocycles. The number of hydrogen-bond donors (Lipinski definition) is 1. The van der Waals surface area contributed by atoms with Crippen molar-refractivity contribution in [2.75, 3.05) is 4.72 Å². The van der Waals surface area contributed by atoms with E-state index < -0.39 is 20.9 Å². The predicted molar refractivity (Wildman–Crippen MR) is 69.4 cm³/mol. The summed E-state index contributed by atoms with van der Waals surface area (Å²) in [6.45, 7) is 0. The average molecular weight is 276 g/mol. The van der Waals surface area contributed by atoms with Gasteiger partial charge in [-0.3, -0.25) is 4.72 Å². The van der Waals surface area contributed by atoms with Crippen molar-refractivity contribution in [3.05, 3.63) is 54.0 Å². The van der Waals surface area contributed by atoms with E-state index in [2.05, 4.69) is 15.6 Å². The summed E-state index contributed by atoms with van der Waals surface area (Å²) in [5.41, 5.74) is 0.766. The van der Waals surface area contributed by atoms with E-state index in [0.717, 1.165) is 6.07 Å². The van der Waals surface area contributed by atoms with Gasteiger partial charge in [0, 0.05) is 11.8 Å². The maximum absolute atomic E-state index is 13.4. The third-order valence-corrected chi connectivity index (χ3v) is 3.57. The summed E-state index contributed by atoms with van der Waals surface area (Å²) in [4.78, 5) is 3.52. The molecule has 0 saturated carbocycles. The lowest BCUT2D eigenvalue weighted by Gasteiger charge is -2.08. The van der Waals surface area contributed by atoms with Crippen molar-refractivity contribution in [2.24, 2.45) is 0 Å². The van der Waals surface area contributed by atoms with Crippen molar-refractivity contribution < 1.29 is 12.8 Å². The van der Waals surface area contributed by atoms with Gasteiger partial charge in [-0.25, -0.2) is 9.37 Å². The molecule has 96 valence electrons. The molecule has 2 aromatic rings. The van der Waals surface area contributed by atoms with E-state index in [1.54, 1.807) is 12.1 Å². The van der Waals surface area contributed by atoms with E-state index in [4.69, 9.17) is 6.42 Å². The smallest absolute Gasteiger partial charge is 0.278 e. The number of halogens is 1. The summed E-state index contributed by atoms with van der Waals surface area (Å²) < 4.78 is 39.6. The van der Waals surface area contributed by atoms with Gasteiger partial charge >= 0.3 is 0 Å². The second kappa shape index (κ2) is 5.08. The monoisotopic (exact) mass is 276 g/mol. The van der Waals surface area contributed by atoms with Crippen LogP contribution >= 0.6 is 0 Å². The molecule has 0 aliphatic carbocycles. The third-order valence-electron chi connectivity index (χ3n) is 2.26. The summed E-state index contributed by atoms with van der Waals surface area (Å²) in [5, 5.41) is -0.652. The highest BCUT2D eigenvalue weighted by Crippen LogP contribution is 2.17. The minimum absolute atomic E-state index is 0.250. The average Bonchev–Trinajstić information content (AvgIpc) is 2.38. The van der Waals surface area contributed by atoms with Gasteiger partial charge in [0.25, 0.3) is 10.0 Å². The SMILES string of the molecule is C#Cc1cccc(NS(=O)(=O)c2ncccc2F)c1. The molecule has 4 nitrogen and oxygen atoms in total. The molecule has 0 radical (unpaired) electrons. The second-order valence-corrected chi connectivity index (χ2v) is 5.22. The number of aromatic nitrogens is 1. The van der Waals surface area contributed by atoms with E-state index in [-0.39, 0.29) is 5.69 Å². The van der Waals surface area contributed by atoms with Crippen LogP contribution in [-0.2, 0) is 10.0 Å². The van der Waals surface area contributed by atoms with Gasteiger partial charge in [-0.2, -0.15) is 8.42 Å². The van der Waals surface area contributed by atoms with Crippen LogP contribution in [0.25, 0.3) is 0 Å². The number of nitrogens with one attached hydrogen (secondary N) is 1. The number of rotatable bonds is 3. The second-order valence-electron chi connectivity index (χ2n) is 3.62. The van der Waals surface area contributed by atoms with Crippen LogP contribution in [0, 0.1) is 18.2 Å². The van der Waals surface area contributed by atoms with Crippen molar-refractivity contribution in [2.45, 2.75) is 5.03 Å². The molecule has 1 N–H and O–H groups in total. The van der Waals surface area contributed by atoms with Crippen LogP contribution in [0.15, 0.2) is 47.6 Å². The van der Waals surface area contributed by atoms with Crippen LogP contribution in [0.5, 0.6) is 0 Å². The molecule has 0 spiro atoms. The topological polar surface area (TPSA) is 59.1 Å². The van der Waals surface area contributed by atoms with Crippen molar-refractivity contribution in [3.8, 4) is 12.3 Å². The van der Waals surface area contributed by atoms with E-state index >= 15 is 0 Å². The van der Waals surface area contributed by atoms with Crippen LogP contribution in [-0.4, -0.2) is 13.4 Å². The van der Waals surface area contributed by atoms with Crippen LogP contribution < -0.4 is 4.72 Å². The number of benzene rings is 1. The Morgan fingerprint density at radius 2 is 2.05 bits per heavy atom. The van der Waals surface area contributed by atoms with Gasteiger partial charge in [-0.05, 0) is 30.3 Å². The normalized spacial score (nSPS) is 10.7. The van der Waals surface area contributed by atoms with Crippen molar-refractivity contribution >= 4 is 15.7 Å². The first-order chi connectivity index (χ1) is 9.03. The molecular weight excluding hydrogens is 267 g/mol. The number of terminal acetylenes is 1. The van der Waals surface area contributed by atoms with E-state index in [1.807, 2.05) is 0 Å². The molecule has 1 heterocycles. The zero-order valence-electron chi connectivity index (χ0n) is 9.67. The van der Waals surface area contributed by atoms with Crippen molar-refractivity contribution in [1.82, 2.24) is 4.98 Å². The lowest BCUT2D eigenvalue weighted by molar-refractivity contribution is 0.557. The Labute approximate surface area is 110 Å². The molecule has 2 rings (SSSR count). The number of nitrogens with zero attached hydrogens (tertiary/aromatic N) is 1. The quantitative estimate of drug-likeness (QED) is 0.872. The first-order valence-electron chi connectivity index (χ1n) is 5.23. The minimum Gasteiger partial charge on any atom is -0.278 e. The zero-order chi connectivity index (χ0) is 13.9. The number of sulfonamides is 1. The highest BCUT2D eigenvalue weighted by atomic mass is 32.2. The van der Waals surface area contributed by atoms with Gasteiger partial charge in [0.1, 0.15) is 0 Å². The Balaban J connectivity index is 2.37. The number of anilines is 1. The van der Waals surface area contributed by atoms with E-state index in [1.165, 1.54) is 24.4 Å². The summed E-state index contributed by atoms with van der Waals surface area (Å²) in [5.74, 6) is 1.47. The van der Waals surface area contributed by atoms with Crippen LogP contribution in [0.1, 0.15) is 5.56 Å². The lowest BCUT2D eigenvalue weighted by Crippen LogP contribution is -2.16. The fourth-order valence-electron chi connectivity index (χ4n) is 1.44. The first kappa shape index (κ1) is 13.1. The first-order valence-corrected chi connectivity index (χ1v) is 6.71. The Morgan fingerprint density at radius 1 is 1.26 bits per heavy atom. The molecule has 0 amide bonds. The fourth-order valence-corrected chi connectivity index (χ4v) is 2.50. The Hall–Kier alpha value is -2.39. The highest BCUT2D eigenvalue weighted by molar-refractivity contribution is 7.92. The number of hydrogen-bond acceptors (Lipinski definition) is 3. The molecule has 0 unspecified atom stereocenters. The van der Waals surface area contributed by atoms with Gasteiger partial charge in [0.2, 0.25) is 5.03 Å². The van der Waals surface area contributed by atoms with Gasteiger partial charge < -0.3 is 0 Å². The molecule has 6 heteroatoms. The molecule has 0 fully saturated rings. The molecule has 1 aromatic heterocycles. The minimum atomic E-state index is -4.07. The molecule has 1 aromatic carbocycles. The van der Waals surface area contributed by atoms with Crippen LogP contribution in [0.2, 0.25) is 0 Å². The molecule has 0 aliphatic rings. The molecular formula is C13H9FN2O2S. The third kappa shape index (κ3) is 2.89. The zero-order valence-corrected chi connectivity index (χ0v) is 10.5. The summed E-state index contributed by atoms with van der Waals surface area (Å²) in [6, 6.07) is 8.57. The Bertz CT molecular complexity index is 751. The summed E-state index contributed by atoms with van der Waals surface area (Å²) in [7, 11) is -4.07. The van der Waals surface area contributed by atoms with Gasteiger partial charge in [-0.15, -0.1) is 6.42 Å². The predicted octanol–water partition coefficient (Wildman–Crippen LogP) is 2.00. The van der Waals surface area contributed by atoms with Crippen LogP contribution in [0.4, 0.5) is 10.1 Å². The molecule has 19 heavy (non-hydrogen) atoms. The fraction of sp³-hybridized carbons (Fsp3) is 0. The van der Waals surface area contributed by atoms with Gasteiger partial charge in [0.05, 0.1) is 5.69 Å². The maximum atomic E-state index is 13.4. The highest BCUT2D eigenvalue weighted by Gasteiger charge is 2.20. The van der Waals surface area contributed by atoms with Crippen molar-refractivity contribution in [1.29, 1.82) is 0 Å². The number of pyridine rings is 1. The van der Waals surface area contributed by atoms with Crippen molar-refractivity contribution in [3.63, 3.8) is 0 Å². The summed E-state index contributed by atoms with van der Waals surface area (Å²) >= 11 is 0. The van der Waals surface area contributed by atoms with E-state index in [0.29, 0.717) is 5.56 Å². The molecule has 0 aliphatic heterocycles. The van der Waals surface area contributed by atoms with Crippen LogP contribution in [0.3, 0.4) is 0 Å². The Kier molecular flexibility index (Phi) is 3.49. The molecule has 0 atom stereocenters. The lowest BCUT2D eigenvalue weighted by atomic mass is 10.2. The van der Waals surface area contributed by atoms with Gasteiger partial charge in [-0.1, -0.05) is 12.0 Å². The van der Waals surface area contributed by atoms with E-state index in [9.17, 15) is 12.8 Å².